The van der Waals surface area contributed by atoms with Crippen LogP contribution in [0, 0.1) is 28.1 Å². The second kappa shape index (κ2) is 4.95. The van der Waals surface area contributed by atoms with E-state index in [1.165, 1.54) is 32.4 Å². The zero-order chi connectivity index (χ0) is 15.3. The first kappa shape index (κ1) is 14.8. The maximum atomic E-state index is 12.5. The van der Waals surface area contributed by atoms with E-state index in [2.05, 4.69) is 17.9 Å². The summed E-state index contributed by atoms with van der Waals surface area (Å²) in [5.41, 5.74) is -0.0146. The van der Waals surface area contributed by atoms with E-state index in [9.17, 15) is 10.1 Å². The minimum absolute atomic E-state index is 0.00597. The first-order valence-electron chi connectivity index (χ1n) is 8.30. The van der Waals surface area contributed by atoms with E-state index in [0.717, 1.165) is 12.8 Å². The predicted molar refractivity (Wildman–Crippen MR) is 82.5 cm³/mol. The van der Waals surface area contributed by atoms with Crippen molar-refractivity contribution in [1.29, 1.82) is 5.26 Å². The third-order valence-corrected chi connectivity index (χ3v) is 6.21. The van der Waals surface area contributed by atoms with Crippen molar-refractivity contribution in [3.8, 4) is 6.07 Å². The topological polar surface area (TPSA) is 44.1 Å². The Morgan fingerprint density at radius 1 is 1.24 bits per heavy atom. The number of carbonyl (C=O) groups excluding carboxylic acids is 1. The van der Waals surface area contributed by atoms with Crippen molar-refractivity contribution in [2.45, 2.75) is 58.9 Å². The molecule has 114 valence electrons. The number of likely N-dealkylation sites (tertiary alicyclic amines) is 1. The van der Waals surface area contributed by atoms with Gasteiger partial charge in [-0.3, -0.25) is 4.79 Å². The summed E-state index contributed by atoms with van der Waals surface area (Å²) >= 11 is 0. The highest BCUT2D eigenvalue weighted by Crippen LogP contribution is 2.55. The smallest absolute Gasteiger partial charge is 0.178 e. The molecule has 1 saturated heterocycles. The van der Waals surface area contributed by atoms with Crippen LogP contribution in [0.1, 0.15) is 52.9 Å². The quantitative estimate of drug-likeness (QED) is 0.742. The van der Waals surface area contributed by atoms with Crippen LogP contribution in [0.3, 0.4) is 0 Å². The van der Waals surface area contributed by atoms with Crippen LogP contribution in [0.2, 0.25) is 0 Å². The van der Waals surface area contributed by atoms with Crippen LogP contribution in [0.15, 0.2) is 11.6 Å². The summed E-state index contributed by atoms with van der Waals surface area (Å²) in [6.45, 7) is 8.80. The summed E-state index contributed by atoms with van der Waals surface area (Å²) in [7, 11) is 0. The largest absolute Gasteiger partial charge is 0.300 e. The average molecular weight is 286 g/mol. The summed E-state index contributed by atoms with van der Waals surface area (Å²) < 4.78 is 0. The van der Waals surface area contributed by atoms with E-state index in [0.29, 0.717) is 17.5 Å². The molecule has 0 aromatic carbocycles. The number of allylic oxidation sites excluding steroid dienone is 2. The van der Waals surface area contributed by atoms with Gasteiger partial charge in [-0.05, 0) is 56.5 Å². The zero-order valence-corrected chi connectivity index (χ0v) is 13.5. The molecule has 2 fully saturated rings. The number of nitriles is 1. The van der Waals surface area contributed by atoms with E-state index in [-0.39, 0.29) is 11.2 Å². The highest BCUT2D eigenvalue weighted by Gasteiger charge is 2.53. The van der Waals surface area contributed by atoms with Crippen molar-refractivity contribution >= 4 is 5.78 Å². The second-order valence-corrected chi connectivity index (χ2v) is 7.96. The standard InChI is InChI=1S/C18H26N2O/c1-17(2)15-7-6-14(20-8-4-5-9-20)11-18(15,3)10-13(12-19)16(17)21/h10,14-15H,4-9,11H2,1-3H3/t14-,15+,18+/m0/s1. The molecule has 3 atom stereocenters. The monoisotopic (exact) mass is 286 g/mol. The summed E-state index contributed by atoms with van der Waals surface area (Å²) in [6, 6.07) is 2.78. The predicted octanol–water partition coefficient (Wildman–Crippen LogP) is 3.32. The van der Waals surface area contributed by atoms with Crippen LogP contribution in [0.25, 0.3) is 0 Å². The van der Waals surface area contributed by atoms with Gasteiger partial charge in [0.2, 0.25) is 0 Å². The van der Waals surface area contributed by atoms with Crippen molar-refractivity contribution in [2.75, 3.05) is 13.1 Å². The minimum Gasteiger partial charge on any atom is -0.300 e. The molecular weight excluding hydrogens is 260 g/mol. The van der Waals surface area contributed by atoms with Crippen LogP contribution in [0.5, 0.6) is 0 Å². The van der Waals surface area contributed by atoms with Gasteiger partial charge in [0, 0.05) is 11.5 Å². The number of nitrogens with zero attached hydrogens (tertiary/aromatic N) is 2. The number of Topliss-reactive ketones (excluding diaryl/α,β-unsaturated/α-hetero) is 1. The molecule has 3 heteroatoms. The number of hydrogen-bond donors (Lipinski definition) is 0. The SMILES string of the molecule is CC1(C)C(=O)C(C#N)=C[C@]2(C)C[C@@H](N3CCCC3)CC[C@H]12. The van der Waals surface area contributed by atoms with Gasteiger partial charge in [-0.1, -0.05) is 26.8 Å². The van der Waals surface area contributed by atoms with E-state index in [1.54, 1.807) is 0 Å². The summed E-state index contributed by atoms with van der Waals surface area (Å²) in [5.74, 6) is 0.417. The molecule has 21 heavy (non-hydrogen) atoms. The average Bonchev–Trinajstić information content (AvgIpc) is 2.96. The highest BCUT2D eigenvalue weighted by molar-refractivity contribution is 6.04. The van der Waals surface area contributed by atoms with Gasteiger partial charge in [-0.25, -0.2) is 0 Å². The fourth-order valence-corrected chi connectivity index (χ4v) is 5.19. The second-order valence-electron chi connectivity index (χ2n) is 7.96. The van der Waals surface area contributed by atoms with Gasteiger partial charge < -0.3 is 4.90 Å². The summed E-state index contributed by atoms with van der Waals surface area (Å²) in [6.07, 6.45) is 8.05. The zero-order valence-electron chi connectivity index (χ0n) is 13.5. The molecule has 0 unspecified atom stereocenters. The third-order valence-electron chi connectivity index (χ3n) is 6.21. The molecule has 0 N–H and O–H groups in total. The Kier molecular flexibility index (Phi) is 3.48. The number of carbonyl (C=O) groups is 1. The molecule has 0 amide bonds. The first-order valence-corrected chi connectivity index (χ1v) is 8.30. The minimum atomic E-state index is -0.398. The van der Waals surface area contributed by atoms with Gasteiger partial charge in [-0.2, -0.15) is 5.26 Å². The Labute approximate surface area is 128 Å². The Morgan fingerprint density at radius 3 is 2.52 bits per heavy atom. The van der Waals surface area contributed by atoms with Crippen molar-refractivity contribution in [3.05, 3.63) is 11.6 Å². The van der Waals surface area contributed by atoms with Crippen molar-refractivity contribution < 1.29 is 4.79 Å². The van der Waals surface area contributed by atoms with E-state index >= 15 is 0 Å². The van der Waals surface area contributed by atoms with E-state index < -0.39 is 5.41 Å². The fraction of sp³-hybridized carbons (Fsp3) is 0.778. The maximum absolute atomic E-state index is 12.5. The lowest BCUT2D eigenvalue weighted by atomic mass is 9.52. The third kappa shape index (κ3) is 2.25. The lowest BCUT2D eigenvalue weighted by Gasteiger charge is -2.53. The molecule has 3 nitrogen and oxygen atoms in total. The molecule has 3 aliphatic rings. The normalized spacial score (nSPS) is 39.5. The van der Waals surface area contributed by atoms with Crippen LogP contribution in [-0.2, 0) is 4.79 Å². The number of hydrogen-bond acceptors (Lipinski definition) is 3. The molecule has 0 spiro atoms. The Balaban J connectivity index is 1.92. The molecule has 0 aromatic rings. The van der Waals surface area contributed by atoms with Gasteiger partial charge in [0.1, 0.15) is 6.07 Å². The molecular formula is C18H26N2O. The Morgan fingerprint density at radius 2 is 1.90 bits per heavy atom. The first-order chi connectivity index (χ1) is 9.88. The molecule has 1 heterocycles. The maximum Gasteiger partial charge on any atom is 0.178 e. The molecule has 0 aromatic heterocycles. The van der Waals surface area contributed by atoms with Gasteiger partial charge in [-0.15, -0.1) is 0 Å². The lowest BCUT2D eigenvalue weighted by molar-refractivity contribution is -0.131. The summed E-state index contributed by atoms with van der Waals surface area (Å²) in [5, 5.41) is 9.33. The van der Waals surface area contributed by atoms with Crippen LogP contribution in [0.4, 0.5) is 0 Å². The van der Waals surface area contributed by atoms with Crippen LogP contribution >= 0.6 is 0 Å². The number of fused-ring (bicyclic) bond motifs is 1. The van der Waals surface area contributed by atoms with Crippen molar-refractivity contribution in [3.63, 3.8) is 0 Å². The highest BCUT2D eigenvalue weighted by atomic mass is 16.1. The van der Waals surface area contributed by atoms with Crippen molar-refractivity contribution in [2.24, 2.45) is 16.7 Å². The van der Waals surface area contributed by atoms with Gasteiger partial charge in [0.05, 0.1) is 5.57 Å². The molecule has 3 rings (SSSR count). The number of rotatable bonds is 1. The van der Waals surface area contributed by atoms with Gasteiger partial charge in [0.15, 0.2) is 5.78 Å². The van der Waals surface area contributed by atoms with Crippen molar-refractivity contribution in [1.82, 2.24) is 4.90 Å². The molecule has 0 radical (unpaired) electrons. The van der Waals surface area contributed by atoms with Gasteiger partial charge in [0.25, 0.3) is 0 Å². The number of ketones is 1. The molecule has 2 aliphatic carbocycles. The summed E-state index contributed by atoms with van der Waals surface area (Å²) in [4.78, 5) is 15.1. The fourth-order valence-electron chi connectivity index (χ4n) is 5.19. The Bertz CT molecular complexity index is 522. The van der Waals surface area contributed by atoms with E-state index in [1.807, 2.05) is 19.9 Å². The molecule has 1 saturated carbocycles. The Hall–Kier alpha value is -1.14. The van der Waals surface area contributed by atoms with Crippen LogP contribution in [-0.4, -0.2) is 29.8 Å². The lowest BCUT2D eigenvalue weighted by Crippen LogP contribution is -2.52. The molecule has 1 aliphatic heterocycles. The van der Waals surface area contributed by atoms with Crippen LogP contribution < -0.4 is 0 Å². The molecule has 0 bridgehead atoms. The van der Waals surface area contributed by atoms with Gasteiger partial charge >= 0.3 is 0 Å². The van der Waals surface area contributed by atoms with E-state index in [4.69, 9.17) is 0 Å².